The fourth-order valence-corrected chi connectivity index (χ4v) is 4.74. The largest absolute Gasteiger partial charge is 0.367 e. The first-order chi connectivity index (χ1) is 14.0. The van der Waals surface area contributed by atoms with Gasteiger partial charge in [0, 0.05) is 45.3 Å². The number of likely N-dealkylation sites (tertiary alicyclic amines) is 1. The molecule has 0 atom stereocenters. The Kier molecular flexibility index (Phi) is 5.99. The Hall–Kier alpha value is -2.22. The molecule has 1 saturated heterocycles. The molecule has 0 radical (unpaired) electrons. The van der Waals surface area contributed by atoms with E-state index in [1.54, 1.807) is 25.3 Å². The van der Waals surface area contributed by atoms with Crippen molar-refractivity contribution in [2.75, 3.05) is 32.5 Å². The van der Waals surface area contributed by atoms with Gasteiger partial charge in [0.15, 0.2) is 0 Å². The average molecular weight is 430 g/mol. The zero-order valence-electron chi connectivity index (χ0n) is 16.6. The molecule has 29 heavy (non-hydrogen) atoms. The van der Waals surface area contributed by atoms with E-state index in [0.29, 0.717) is 6.04 Å². The number of aromatic nitrogens is 2. The lowest BCUT2D eigenvalue weighted by Crippen LogP contribution is -2.38. The van der Waals surface area contributed by atoms with Gasteiger partial charge in [0.1, 0.15) is 17.0 Å². The second kappa shape index (κ2) is 8.65. The highest BCUT2D eigenvalue weighted by Crippen LogP contribution is 2.32. The van der Waals surface area contributed by atoms with E-state index >= 15 is 0 Å². The number of hydrogen-bond acceptors (Lipinski definition) is 6. The zero-order valence-corrected chi connectivity index (χ0v) is 18.1. The highest BCUT2D eigenvalue weighted by molar-refractivity contribution is 7.22. The van der Waals surface area contributed by atoms with Crippen LogP contribution in [0.4, 0.5) is 5.82 Å². The molecule has 4 rings (SSSR count). The number of nitrogens with one attached hydrogen (secondary N) is 1. The molecule has 3 heterocycles. The van der Waals surface area contributed by atoms with Crippen LogP contribution < -0.4 is 5.32 Å². The van der Waals surface area contributed by atoms with Crippen molar-refractivity contribution in [3.8, 4) is 0 Å². The average Bonchev–Trinajstić information content (AvgIpc) is 3.10. The van der Waals surface area contributed by atoms with Gasteiger partial charge in [0.2, 0.25) is 0 Å². The SMILES string of the molecule is CN(C)C(=O)c1cccc(CN2CCC(Nc3ncnc4sc(Cl)cc34)CC2)c1. The number of fused-ring (bicyclic) bond motifs is 1. The smallest absolute Gasteiger partial charge is 0.253 e. The number of rotatable bonds is 5. The molecule has 6 nitrogen and oxygen atoms in total. The van der Waals surface area contributed by atoms with Crippen molar-refractivity contribution >= 4 is 44.9 Å². The van der Waals surface area contributed by atoms with Gasteiger partial charge in [-0.1, -0.05) is 23.7 Å². The van der Waals surface area contributed by atoms with Gasteiger partial charge in [-0.3, -0.25) is 9.69 Å². The van der Waals surface area contributed by atoms with Crippen LogP contribution in [0.5, 0.6) is 0 Å². The number of carbonyl (C=O) groups excluding carboxylic acids is 1. The fraction of sp³-hybridized carbons (Fsp3) is 0.381. The van der Waals surface area contributed by atoms with E-state index in [9.17, 15) is 4.79 Å². The van der Waals surface area contributed by atoms with Gasteiger partial charge in [-0.2, -0.15) is 0 Å². The van der Waals surface area contributed by atoms with Gasteiger partial charge in [-0.05, 0) is 36.6 Å². The molecule has 1 N–H and O–H groups in total. The summed E-state index contributed by atoms with van der Waals surface area (Å²) in [7, 11) is 3.56. The molecule has 3 aromatic rings. The van der Waals surface area contributed by atoms with Crippen LogP contribution in [0, 0.1) is 0 Å². The summed E-state index contributed by atoms with van der Waals surface area (Å²) in [6, 6.07) is 10.2. The number of hydrogen-bond donors (Lipinski definition) is 1. The van der Waals surface area contributed by atoms with Crippen LogP contribution in [0.3, 0.4) is 0 Å². The van der Waals surface area contributed by atoms with Gasteiger partial charge in [-0.15, -0.1) is 11.3 Å². The van der Waals surface area contributed by atoms with Crippen LogP contribution in [-0.2, 0) is 6.54 Å². The monoisotopic (exact) mass is 429 g/mol. The minimum atomic E-state index is 0.0412. The van der Waals surface area contributed by atoms with E-state index in [1.165, 1.54) is 16.9 Å². The second-order valence-corrected chi connectivity index (χ2v) is 9.25. The Morgan fingerprint density at radius 1 is 1.28 bits per heavy atom. The molecule has 1 aliphatic heterocycles. The summed E-state index contributed by atoms with van der Waals surface area (Å²) < 4.78 is 0.730. The topological polar surface area (TPSA) is 61.4 Å². The number of halogens is 1. The molecule has 0 aliphatic carbocycles. The van der Waals surface area contributed by atoms with E-state index < -0.39 is 0 Å². The van der Waals surface area contributed by atoms with Crippen molar-refractivity contribution in [2.45, 2.75) is 25.4 Å². The minimum Gasteiger partial charge on any atom is -0.367 e. The van der Waals surface area contributed by atoms with Crippen LogP contribution in [0.15, 0.2) is 36.7 Å². The number of nitrogens with zero attached hydrogens (tertiary/aromatic N) is 4. The molecule has 152 valence electrons. The molecule has 2 aromatic heterocycles. The number of amides is 1. The molecule has 1 aromatic carbocycles. The normalized spacial score (nSPS) is 15.6. The number of benzene rings is 1. The maximum Gasteiger partial charge on any atom is 0.253 e. The molecule has 1 amide bonds. The summed E-state index contributed by atoms with van der Waals surface area (Å²) in [5, 5.41) is 4.57. The number of carbonyl (C=O) groups is 1. The predicted octanol–water partition coefficient (Wildman–Crippen LogP) is 4.12. The Morgan fingerprint density at radius 3 is 2.83 bits per heavy atom. The number of piperidine rings is 1. The first-order valence-electron chi connectivity index (χ1n) is 9.69. The van der Waals surface area contributed by atoms with Gasteiger partial charge in [-0.25, -0.2) is 9.97 Å². The quantitative estimate of drug-likeness (QED) is 0.660. The van der Waals surface area contributed by atoms with Crippen molar-refractivity contribution in [1.29, 1.82) is 0 Å². The third kappa shape index (κ3) is 4.69. The van der Waals surface area contributed by atoms with Crippen molar-refractivity contribution in [1.82, 2.24) is 19.8 Å². The Labute approximate surface area is 179 Å². The summed E-state index contributed by atoms with van der Waals surface area (Å²) >= 11 is 7.61. The zero-order chi connectivity index (χ0) is 20.4. The van der Waals surface area contributed by atoms with Gasteiger partial charge >= 0.3 is 0 Å². The highest BCUT2D eigenvalue weighted by atomic mass is 35.5. The van der Waals surface area contributed by atoms with Crippen LogP contribution in [-0.4, -0.2) is 58.9 Å². The molecular formula is C21H24ClN5OS. The van der Waals surface area contributed by atoms with Crippen LogP contribution in [0.2, 0.25) is 4.34 Å². The third-order valence-corrected chi connectivity index (χ3v) is 6.39. The summed E-state index contributed by atoms with van der Waals surface area (Å²) in [6.45, 7) is 2.86. The summed E-state index contributed by atoms with van der Waals surface area (Å²) in [4.78, 5) is 25.9. The minimum absolute atomic E-state index is 0.0412. The number of anilines is 1. The van der Waals surface area contributed by atoms with Gasteiger partial charge in [0.05, 0.1) is 9.72 Å². The molecule has 1 aliphatic rings. The Morgan fingerprint density at radius 2 is 2.07 bits per heavy atom. The summed E-state index contributed by atoms with van der Waals surface area (Å²) in [6.07, 6.45) is 3.67. The molecule has 1 fully saturated rings. The van der Waals surface area contributed by atoms with E-state index in [1.807, 2.05) is 24.3 Å². The molecule has 0 bridgehead atoms. The molecular weight excluding hydrogens is 406 g/mol. The van der Waals surface area contributed by atoms with Crippen molar-refractivity contribution in [3.63, 3.8) is 0 Å². The highest BCUT2D eigenvalue weighted by Gasteiger charge is 2.21. The van der Waals surface area contributed by atoms with Gasteiger partial charge < -0.3 is 10.2 Å². The van der Waals surface area contributed by atoms with Gasteiger partial charge in [0.25, 0.3) is 5.91 Å². The molecule has 0 spiro atoms. The second-order valence-electron chi connectivity index (χ2n) is 7.59. The maximum absolute atomic E-state index is 12.2. The van der Waals surface area contributed by atoms with Crippen molar-refractivity contribution < 1.29 is 4.79 Å². The van der Waals surface area contributed by atoms with Crippen LogP contribution in [0.1, 0.15) is 28.8 Å². The first-order valence-corrected chi connectivity index (χ1v) is 10.9. The Balaban J connectivity index is 1.35. The van der Waals surface area contributed by atoms with Crippen molar-refractivity contribution in [3.05, 3.63) is 52.1 Å². The lowest BCUT2D eigenvalue weighted by atomic mass is 10.0. The van der Waals surface area contributed by atoms with Crippen molar-refractivity contribution in [2.24, 2.45) is 0 Å². The summed E-state index contributed by atoms with van der Waals surface area (Å²) in [5.74, 6) is 0.908. The van der Waals surface area contributed by atoms with E-state index in [2.05, 4.69) is 26.3 Å². The molecule has 0 unspecified atom stereocenters. The van der Waals surface area contributed by atoms with E-state index in [4.69, 9.17) is 11.6 Å². The van der Waals surface area contributed by atoms with Crippen LogP contribution >= 0.6 is 22.9 Å². The standard InChI is InChI=1S/C21H24ClN5OS/c1-26(2)21(28)15-5-3-4-14(10-15)12-27-8-6-16(7-9-27)25-19-17-11-18(22)29-20(17)24-13-23-19/h3-5,10-11,13,16H,6-9,12H2,1-2H3,(H,23,24,25). The molecule has 0 saturated carbocycles. The lowest BCUT2D eigenvalue weighted by Gasteiger charge is -2.32. The Bertz CT molecular complexity index is 1010. The molecule has 8 heteroatoms. The van der Waals surface area contributed by atoms with E-state index in [-0.39, 0.29) is 5.91 Å². The van der Waals surface area contributed by atoms with E-state index in [0.717, 1.165) is 58.4 Å². The van der Waals surface area contributed by atoms with Crippen LogP contribution in [0.25, 0.3) is 10.2 Å². The lowest BCUT2D eigenvalue weighted by molar-refractivity contribution is 0.0827. The maximum atomic E-state index is 12.2. The first kappa shape index (κ1) is 20.1. The fourth-order valence-electron chi connectivity index (χ4n) is 3.69. The summed E-state index contributed by atoms with van der Waals surface area (Å²) in [5.41, 5.74) is 1.92. The number of thiophene rings is 1. The third-order valence-electron chi connectivity index (χ3n) is 5.21. The predicted molar refractivity (Wildman–Crippen MR) is 119 cm³/mol.